The number of rotatable bonds is 5. The minimum absolute atomic E-state index is 0.530. The molecule has 0 amide bonds. The van der Waals surface area contributed by atoms with E-state index in [1.54, 1.807) is 0 Å². The monoisotopic (exact) mass is 263 g/mol. The molecule has 1 fully saturated rings. The van der Waals surface area contributed by atoms with E-state index >= 15 is 0 Å². The zero-order valence-electron chi connectivity index (χ0n) is 13.0. The summed E-state index contributed by atoms with van der Waals surface area (Å²) in [5.41, 5.74) is 1.66. The van der Waals surface area contributed by atoms with Crippen LogP contribution in [0.5, 0.6) is 0 Å². The number of nitrogens with zero attached hydrogens (tertiary/aromatic N) is 2. The molecule has 0 aromatic carbocycles. The Bertz CT molecular complexity index is 396. The van der Waals surface area contributed by atoms with Crippen molar-refractivity contribution in [1.29, 1.82) is 0 Å². The van der Waals surface area contributed by atoms with Crippen molar-refractivity contribution in [2.45, 2.75) is 72.3 Å². The molecule has 2 rings (SSSR count). The topological polar surface area (TPSA) is 29.9 Å². The van der Waals surface area contributed by atoms with Crippen LogP contribution >= 0.6 is 0 Å². The van der Waals surface area contributed by atoms with Gasteiger partial charge in [0.2, 0.25) is 5.95 Å². The van der Waals surface area contributed by atoms with Gasteiger partial charge in [0.25, 0.3) is 0 Å². The van der Waals surface area contributed by atoms with Crippen LogP contribution in [0.4, 0.5) is 5.95 Å². The van der Waals surface area contributed by atoms with Gasteiger partial charge in [-0.15, -0.1) is 0 Å². The van der Waals surface area contributed by atoms with E-state index < -0.39 is 0 Å². The summed E-state index contributed by atoms with van der Waals surface area (Å²) in [7, 11) is 0. The first-order valence-electron chi connectivity index (χ1n) is 7.81. The molecule has 1 aromatic rings. The highest BCUT2D eigenvalue weighted by Gasteiger charge is 2.28. The molecule has 0 bridgehead atoms. The summed E-state index contributed by atoms with van der Waals surface area (Å²) in [4.78, 5) is 4.65. The van der Waals surface area contributed by atoms with Crippen molar-refractivity contribution in [2.75, 3.05) is 11.9 Å². The highest BCUT2D eigenvalue weighted by Crippen LogP contribution is 2.41. The number of hydrogen-bond donors (Lipinski definition) is 1. The number of hydrogen-bond acceptors (Lipinski definition) is 2. The van der Waals surface area contributed by atoms with Gasteiger partial charge in [-0.25, -0.2) is 4.98 Å². The van der Waals surface area contributed by atoms with Crippen molar-refractivity contribution in [2.24, 2.45) is 5.41 Å². The van der Waals surface area contributed by atoms with Crippen LogP contribution in [0.1, 0.15) is 71.0 Å². The van der Waals surface area contributed by atoms with Crippen LogP contribution < -0.4 is 5.32 Å². The standard InChI is InChI=1S/C16H29N3/c1-5-6-11-17-15-18-13(2)12-19(15)14-7-9-16(3,4)10-8-14/h12,14H,5-11H2,1-4H3,(H,17,18). The molecule has 0 aliphatic heterocycles. The van der Waals surface area contributed by atoms with Crippen LogP contribution in [0, 0.1) is 12.3 Å². The fraction of sp³-hybridized carbons (Fsp3) is 0.812. The number of anilines is 1. The van der Waals surface area contributed by atoms with E-state index in [1.165, 1.54) is 38.5 Å². The molecule has 3 heteroatoms. The molecule has 1 saturated carbocycles. The predicted octanol–water partition coefficient (Wildman–Crippen LogP) is 4.54. The van der Waals surface area contributed by atoms with Crippen LogP contribution in [0.25, 0.3) is 0 Å². The van der Waals surface area contributed by atoms with Gasteiger partial charge in [-0.3, -0.25) is 0 Å². The highest BCUT2D eigenvalue weighted by atomic mass is 15.2. The van der Waals surface area contributed by atoms with Crippen molar-refractivity contribution in [3.8, 4) is 0 Å². The fourth-order valence-corrected chi connectivity index (χ4v) is 2.96. The summed E-state index contributed by atoms with van der Waals surface area (Å²) in [5.74, 6) is 1.08. The van der Waals surface area contributed by atoms with Gasteiger partial charge in [0.05, 0.1) is 5.69 Å². The number of nitrogens with one attached hydrogen (secondary N) is 1. The smallest absolute Gasteiger partial charge is 0.203 e. The lowest BCUT2D eigenvalue weighted by Gasteiger charge is -2.35. The molecular weight excluding hydrogens is 234 g/mol. The third-order valence-electron chi connectivity index (χ3n) is 4.37. The first kappa shape index (κ1) is 14.4. The van der Waals surface area contributed by atoms with E-state index in [0.29, 0.717) is 11.5 Å². The summed E-state index contributed by atoms with van der Waals surface area (Å²) >= 11 is 0. The minimum atomic E-state index is 0.530. The van der Waals surface area contributed by atoms with Gasteiger partial charge in [-0.05, 0) is 44.4 Å². The second-order valence-electron chi connectivity index (χ2n) is 6.79. The number of unbranched alkanes of at least 4 members (excludes halogenated alkanes) is 1. The van der Waals surface area contributed by atoms with E-state index in [-0.39, 0.29) is 0 Å². The van der Waals surface area contributed by atoms with E-state index in [4.69, 9.17) is 0 Å². The maximum atomic E-state index is 4.65. The molecule has 0 atom stereocenters. The van der Waals surface area contributed by atoms with E-state index in [2.05, 4.69) is 48.8 Å². The molecule has 0 radical (unpaired) electrons. The fourth-order valence-electron chi connectivity index (χ4n) is 2.96. The average molecular weight is 263 g/mol. The summed E-state index contributed by atoms with van der Waals surface area (Å²) in [6.45, 7) is 10.1. The van der Waals surface area contributed by atoms with Crippen molar-refractivity contribution in [1.82, 2.24) is 9.55 Å². The Morgan fingerprint density at radius 2 is 2.05 bits per heavy atom. The maximum absolute atomic E-state index is 4.65. The predicted molar refractivity (Wildman–Crippen MR) is 81.6 cm³/mol. The number of aryl methyl sites for hydroxylation is 1. The van der Waals surface area contributed by atoms with Crippen LogP contribution in [0.15, 0.2) is 6.20 Å². The molecule has 1 aromatic heterocycles. The second kappa shape index (κ2) is 5.98. The first-order valence-corrected chi connectivity index (χ1v) is 7.81. The molecule has 0 spiro atoms. The lowest BCUT2D eigenvalue weighted by Crippen LogP contribution is -2.24. The average Bonchev–Trinajstić information content (AvgIpc) is 2.71. The zero-order chi connectivity index (χ0) is 13.9. The Labute approximate surface area is 117 Å². The van der Waals surface area contributed by atoms with Gasteiger partial charge in [-0.2, -0.15) is 0 Å². The van der Waals surface area contributed by atoms with Gasteiger partial charge >= 0.3 is 0 Å². The Balaban J connectivity index is 2.03. The molecule has 1 heterocycles. The summed E-state index contributed by atoms with van der Waals surface area (Å²) < 4.78 is 2.39. The van der Waals surface area contributed by atoms with Gasteiger partial charge < -0.3 is 9.88 Å². The van der Waals surface area contributed by atoms with E-state index in [1.807, 2.05) is 0 Å². The molecule has 1 aliphatic carbocycles. The lowest BCUT2D eigenvalue weighted by molar-refractivity contribution is 0.194. The molecule has 0 unspecified atom stereocenters. The van der Waals surface area contributed by atoms with Crippen molar-refractivity contribution < 1.29 is 0 Å². The second-order valence-corrected chi connectivity index (χ2v) is 6.79. The Morgan fingerprint density at radius 1 is 1.37 bits per heavy atom. The molecule has 19 heavy (non-hydrogen) atoms. The molecule has 3 nitrogen and oxygen atoms in total. The molecule has 1 N–H and O–H groups in total. The van der Waals surface area contributed by atoms with Crippen LogP contribution in [0.3, 0.4) is 0 Å². The maximum Gasteiger partial charge on any atom is 0.203 e. The molecule has 1 aliphatic rings. The summed E-state index contributed by atoms with van der Waals surface area (Å²) in [6, 6.07) is 0.637. The zero-order valence-corrected chi connectivity index (χ0v) is 13.0. The van der Waals surface area contributed by atoms with Crippen molar-refractivity contribution in [3.63, 3.8) is 0 Å². The van der Waals surface area contributed by atoms with Gasteiger partial charge in [-0.1, -0.05) is 27.2 Å². The quantitative estimate of drug-likeness (QED) is 0.790. The van der Waals surface area contributed by atoms with Gasteiger partial charge in [0, 0.05) is 18.8 Å². The third-order valence-corrected chi connectivity index (χ3v) is 4.37. The highest BCUT2D eigenvalue weighted by molar-refractivity contribution is 5.29. The van der Waals surface area contributed by atoms with Gasteiger partial charge in [0.1, 0.15) is 0 Å². The Morgan fingerprint density at radius 3 is 2.68 bits per heavy atom. The molecule has 108 valence electrons. The van der Waals surface area contributed by atoms with Crippen LogP contribution in [0.2, 0.25) is 0 Å². The van der Waals surface area contributed by atoms with Crippen LogP contribution in [-0.2, 0) is 0 Å². The lowest BCUT2D eigenvalue weighted by atomic mass is 9.75. The van der Waals surface area contributed by atoms with Crippen molar-refractivity contribution >= 4 is 5.95 Å². The normalized spacial score (nSPS) is 19.6. The molecular formula is C16H29N3. The summed E-state index contributed by atoms with van der Waals surface area (Å²) in [5, 5.41) is 3.50. The number of imidazole rings is 1. The SMILES string of the molecule is CCCCNc1nc(C)cn1C1CCC(C)(C)CC1. The van der Waals surface area contributed by atoms with E-state index in [0.717, 1.165) is 18.2 Å². The summed E-state index contributed by atoms with van der Waals surface area (Å²) in [6.07, 6.45) is 9.87. The number of aromatic nitrogens is 2. The van der Waals surface area contributed by atoms with Crippen LogP contribution in [-0.4, -0.2) is 16.1 Å². The minimum Gasteiger partial charge on any atom is -0.356 e. The molecule has 0 saturated heterocycles. The Kier molecular flexibility index (Phi) is 4.54. The van der Waals surface area contributed by atoms with Crippen molar-refractivity contribution in [3.05, 3.63) is 11.9 Å². The first-order chi connectivity index (χ1) is 9.02. The third kappa shape index (κ3) is 3.74. The largest absolute Gasteiger partial charge is 0.356 e. The van der Waals surface area contributed by atoms with Gasteiger partial charge in [0.15, 0.2) is 0 Å². The Hall–Kier alpha value is -0.990. The van der Waals surface area contributed by atoms with E-state index in [9.17, 15) is 0 Å².